The molecule has 0 radical (unpaired) electrons. The molecule has 0 aliphatic carbocycles. The van der Waals surface area contributed by atoms with Crippen molar-refractivity contribution in [2.24, 2.45) is 0 Å². The van der Waals surface area contributed by atoms with Gasteiger partial charge in [0.25, 0.3) is 5.91 Å². The number of ether oxygens (including phenoxy) is 1. The number of halogens is 6. The first-order valence-corrected chi connectivity index (χ1v) is 10.2. The molecule has 5 nitrogen and oxygen atoms in total. The van der Waals surface area contributed by atoms with Gasteiger partial charge in [-0.2, -0.15) is 26.3 Å². The lowest BCUT2D eigenvalue weighted by molar-refractivity contribution is -0.143. The monoisotopic (exact) mass is 480 g/mol. The van der Waals surface area contributed by atoms with E-state index in [4.69, 9.17) is 4.74 Å². The van der Waals surface area contributed by atoms with Crippen LogP contribution in [0.15, 0.2) is 18.2 Å². The standard InChI is InChI=1S/C20H18F6N2O3S/c1-3-31-18(30)15-13-4-5-28(2)9-14(13)32-17(15)27-16(29)10-6-11(19(21,22)23)8-12(7-10)20(24,25)26/h6-8H,3-5,9H2,1-2H3,(H,27,29). The Morgan fingerprint density at radius 1 is 1.09 bits per heavy atom. The maximum absolute atomic E-state index is 13.1. The number of anilines is 1. The number of thiophene rings is 1. The fourth-order valence-corrected chi connectivity index (χ4v) is 4.61. The van der Waals surface area contributed by atoms with Crippen LogP contribution in [-0.2, 0) is 30.1 Å². The maximum Gasteiger partial charge on any atom is 0.416 e. The highest BCUT2D eigenvalue weighted by Gasteiger charge is 2.38. The second kappa shape index (κ2) is 8.74. The maximum atomic E-state index is 13.1. The fourth-order valence-electron chi connectivity index (χ4n) is 3.30. The number of benzene rings is 1. The highest BCUT2D eigenvalue weighted by Crippen LogP contribution is 2.39. The minimum atomic E-state index is -5.08. The van der Waals surface area contributed by atoms with Gasteiger partial charge in [-0.25, -0.2) is 4.79 Å². The van der Waals surface area contributed by atoms with Gasteiger partial charge in [0.2, 0.25) is 0 Å². The number of carbonyl (C=O) groups excluding carboxylic acids is 2. The van der Waals surface area contributed by atoms with E-state index in [2.05, 4.69) is 5.32 Å². The molecule has 1 aromatic heterocycles. The summed E-state index contributed by atoms with van der Waals surface area (Å²) in [4.78, 5) is 27.9. The van der Waals surface area contributed by atoms with Crippen LogP contribution in [0.5, 0.6) is 0 Å². The largest absolute Gasteiger partial charge is 0.462 e. The van der Waals surface area contributed by atoms with E-state index in [0.29, 0.717) is 37.2 Å². The zero-order valence-corrected chi connectivity index (χ0v) is 17.7. The number of alkyl halides is 6. The molecule has 0 atom stereocenters. The first-order valence-electron chi connectivity index (χ1n) is 9.42. The van der Waals surface area contributed by atoms with Crippen LogP contribution in [-0.4, -0.2) is 37.0 Å². The molecule has 0 spiro atoms. The predicted octanol–water partition coefficient (Wildman–Crippen LogP) is 5.20. The quantitative estimate of drug-likeness (QED) is 0.483. The number of nitrogens with one attached hydrogen (secondary N) is 1. The molecular formula is C20H18F6N2O3S. The summed E-state index contributed by atoms with van der Waals surface area (Å²) in [6.45, 7) is 2.75. The Morgan fingerprint density at radius 2 is 1.69 bits per heavy atom. The number of nitrogens with zero attached hydrogens (tertiary/aromatic N) is 1. The van der Waals surface area contributed by atoms with Crippen LogP contribution in [0.1, 0.15) is 49.2 Å². The van der Waals surface area contributed by atoms with Gasteiger partial charge in [0.1, 0.15) is 5.00 Å². The zero-order chi connectivity index (χ0) is 23.8. The first kappa shape index (κ1) is 24.1. The van der Waals surface area contributed by atoms with Crippen LogP contribution in [0.2, 0.25) is 0 Å². The van der Waals surface area contributed by atoms with Crippen molar-refractivity contribution in [1.82, 2.24) is 4.90 Å². The Morgan fingerprint density at radius 3 is 2.22 bits per heavy atom. The number of hydrogen-bond donors (Lipinski definition) is 1. The molecule has 0 fully saturated rings. The van der Waals surface area contributed by atoms with Crippen LogP contribution in [0.4, 0.5) is 31.3 Å². The van der Waals surface area contributed by atoms with Crippen molar-refractivity contribution in [1.29, 1.82) is 0 Å². The molecular weight excluding hydrogens is 462 g/mol. The minimum Gasteiger partial charge on any atom is -0.462 e. The molecule has 32 heavy (non-hydrogen) atoms. The number of fused-ring (bicyclic) bond motifs is 1. The molecule has 3 rings (SSSR count). The first-order chi connectivity index (χ1) is 14.8. The number of rotatable bonds is 4. The van der Waals surface area contributed by atoms with Crippen molar-refractivity contribution in [3.8, 4) is 0 Å². The summed E-state index contributed by atoms with van der Waals surface area (Å²) in [5.74, 6) is -1.91. The van der Waals surface area contributed by atoms with E-state index in [1.807, 2.05) is 11.9 Å². The van der Waals surface area contributed by atoms with E-state index in [0.717, 1.165) is 16.2 Å². The second-order valence-corrected chi connectivity index (χ2v) is 8.27. The van der Waals surface area contributed by atoms with Gasteiger partial charge in [-0.15, -0.1) is 11.3 Å². The normalized spacial score (nSPS) is 14.8. The van der Waals surface area contributed by atoms with Crippen LogP contribution in [0.3, 0.4) is 0 Å². The third-order valence-corrected chi connectivity index (χ3v) is 5.94. The van der Waals surface area contributed by atoms with E-state index in [-0.39, 0.29) is 23.2 Å². The van der Waals surface area contributed by atoms with Gasteiger partial charge in [0, 0.05) is 23.5 Å². The molecule has 1 aromatic carbocycles. The second-order valence-electron chi connectivity index (χ2n) is 7.16. The van der Waals surface area contributed by atoms with Crippen molar-refractivity contribution in [2.75, 3.05) is 25.5 Å². The molecule has 1 aliphatic rings. The van der Waals surface area contributed by atoms with Crippen molar-refractivity contribution < 1.29 is 40.7 Å². The number of carbonyl (C=O) groups is 2. The number of amides is 1. The Labute approximate surface area is 183 Å². The highest BCUT2D eigenvalue weighted by atomic mass is 32.1. The smallest absolute Gasteiger partial charge is 0.416 e. The fraction of sp³-hybridized carbons (Fsp3) is 0.400. The minimum absolute atomic E-state index is 0.0275. The van der Waals surface area contributed by atoms with Gasteiger partial charge in [0.15, 0.2) is 0 Å². The van der Waals surface area contributed by atoms with Gasteiger partial charge in [0.05, 0.1) is 23.3 Å². The van der Waals surface area contributed by atoms with Crippen LogP contribution in [0.25, 0.3) is 0 Å². The Hall–Kier alpha value is -2.60. The summed E-state index contributed by atoms with van der Waals surface area (Å²) in [5.41, 5.74) is -3.30. The van der Waals surface area contributed by atoms with E-state index >= 15 is 0 Å². The molecule has 12 heteroatoms. The Kier molecular flexibility index (Phi) is 6.57. The summed E-state index contributed by atoms with van der Waals surface area (Å²) in [7, 11) is 1.85. The lowest BCUT2D eigenvalue weighted by atomic mass is 10.0. The van der Waals surface area contributed by atoms with E-state index in [9.17, 15) is 35.9 Å². The summed E-state index contributed by atoms with van der Waals surface area (Å²) in [6, 6.07) is 0.631. The summed E-state index contributed by atoms with van der Waals surface area (Å²) in [5, 5.41) is 2.35. The van der Waals surface area contributed by atoms with E-state index in [1.165, 1.54) is 0 Å². The van der Waals surface area contributed by atoms with Crippen LogP contribution < -0.4 is 5.32 Å². The van der Waals surface area contributed by atoms with Gasteiger partial charge in [-0.05, 0) is 44.2 Å². The van der Waals surface area contributed by atoms with Crippen LogP contribution >= 0.6 is 11.3 Å². The van der Waals surface area contributed by atoms with Gasteiger partial charge >= 0.3 is 18.3 Å². The summed E-state index contributed by atoms with van der Waals surface area (Å²) < 4.78 is 83.7. The van der Waals surface area contributed by atoms with Crippen LogP contribution in [0, 0.1) is 0 Å². The molecule has 0 saturated heterocycles. The van der Waals surface area contributed by atoms with Crippen molar-refractivity contribution in [2.45, 2.75) is 32.2 Å². The zero-order valence-electron chi connectivity index (χ0n) is 16.9. The van der Waals surface area contributed by atoms with Gasteiger partial charge in [-0.1, -0.05) is 0 Å². The summed E-state index contributed by atoms with van der Waals surface area (Å²) >= 11 is 1.04. The van der Waals surface area contributed by atoms with Gasteiger partial charge < -0.3 is 15.0 Å². The molecule has 2 aromatic rings. The predicted molar refractivity (Wildman–Crippen MR) is 105 cm³/mol. The van der Waals surface area contributed by atoms with E-state index < -0.39 is 40.9 Å². The molecule has 1 aliphatic heterocycles. The average Bonchev–Trinajstić information content (AvgIpc) is 3.03. The number of esters is 1. The Balaban J connectivity index is 2.03. The topological polar surface area (TPSA) is 58.6 Å². The highest BCUT2D eigenvalue weighted by molar-refractivity contribution is 7.17. The SMILES string of the molecule is CCOC(=O)c1c(NC(=O)c2cc(C(F)(F)F)cc(C(F)(F)F)c2)sc2c1CCN(C)C2. The van der Waals surface area contributed by atoms with Crippen molar-refractivity contribution in [3.63, 3.8) is 0 Å². The molecule has 2 heterocycles. The summed E-state index contributed by atoms with van der Waals surface area (Å²) in [6.07, 6.45) is -9.69. The molecule has 174 valence electrons. The van der Waals surface area contributed by atoms with E-state index in [1.54, 1.807) is 6.92 Å². The molecule has 1 N–H and O–H groups in total. The molecule has 0 saturated carbocycles. The van der Waals surface area contributed by atoms with Gasteiger partial charge in [-0.3, -0.25) is 4.79 Å². The molecule has 0 bridgehead atoms. The van der Waals surface area contributed by atoms with Crippen molar-refractivity contribution >= 4 is 28.2 Å². The molecule has 0 unspecified atom stereocenters. The average molecular weight is 480 g/mol. The Bertz CT molecular complexity index is 1010. The lowest BCUT2D eigenvalue weighted by Crippen LogP contribution is -2.26. The molecule has 1 amide bonds. The number of hydrogen-bond acceptors (Lipinski definition) is 5. The third kappa shape index (κ3) is 5.07. The van der Waals surface area contributed by atoms with Crippen molar-refractivity contribution in [3.05, 3.63) is 50.9 Å². The lowest BCUT2D eigenvalue weighted by Gasteiger charge is -2.22. The third-order valence-electron chi connectivity index (χ3n) is 4.80. The number of likely N-dealkylation sites (N-methyl/N-ethyl adjacent to an activating group) is 1.